The highest BCUT2D eigenvalue weighted by Crippen LogP contribution is 2.22. The molecule has 0 spiro atoms. The summed E-state index contributed by atoms with van der Waals surface area (Å²) in [7, 11) is 0. The topological polar surface area (TPSA) is 105 Å². The molecule has 8 nitrogen and oxygen atoms in total. The average Bonchev–Trinajstić information content (AvgIpc) is 2.58. The first-order valence-electron chi connectivity index (χ1n) is 8.01. The van der Waals surface area contributed by atoms with E-state index in [4.69, 9.17) is 18.9 Å². The second kappa shape index (κ2) is 10.9. The summed E-state index contributed by atoms with van der Waals surface area (Å²) in [5, 5.41) is 0. The summed E-state index contributed by atoms with van der Waals surface area (Å²) < 4.78 is 20.4. The smallest absolute Gasteiger partial charge is 0.333 e. The van der Waals surface area contributed by atoms with Gasteiger partial charge in [-0.05, 0) is 20.8 Å². The number of ether oxygens (including phenoxy) is 4. The van der Waals surface area contributed by atoms with Crippen molar-refractivity contribution in [3.63, 3.8) is 0 Å². The Labute approximate surface area is 158 Å². The highest BCUT2D eigenvalue weighted by Gasteiger charge is 2.38. The summed E-state index contributed by atoms with van der Waals surface area (Å²) >= 11 is 0. The van der Waals surface area contributed by atoms with Crippen molar-refractivity contribution in [2.45, 2.75) is 27.7 Å². The van der Waals surface area contributed by atoms with Crippen LogP contribution in [0.4, 0.5) is 0 Å². The summed E-state index contributed by atoms with van der Waals surface area (Å²) in [6.45, 7) is 14.6. The van der Waals surface area contributed by atoms with Gasteiger partial charge in [0.2, 0.25) is 0 Å². The Morgan fingerprint density at radius 1 is 0.593 bits per heavy atom. The number of hydrogen-bond acceptors (Lipinski definition) is 8. The van der Waals surface area contributed by atoms with Crippen molar-refractivity contribution in [2.24, 2.45) is 5.41 Å². The number of carbonyl (C=O) groups excluding carboxylic acids is 4. The van der Waals surface area contributed by atoms with Crippen LogP contribution in [0.1, 0.15) is 27.7 Å². The van der Waals surface area contributed by atoms with E-state index in [0.717, 1.165) is 0 Å². The third-order valence-corrected chi connectivity index (χ3v) is 3.16. The Morgan fingerprint density at radius 3 is 1.07 bits per heavy atom. The van der Waals surface area contributed by atoms with Crippen LogP contribution in [0.3, 0.4) is 0 Å². The van der Waals surface area contributed by atoms with Gasteiger partial charge in [-0.25, -0.2) is 14.4 Å². The van der Waals surface area contributed by atoms with Crippen LogP contribution < -0.4 is 0 Å². The van der Waals surface area contributed by atoms with E-state index in [1.165, 1.54) is 27.7 Å². The molecule has 0 atom stereocenters. The molecule has 0 aromatic carbocycles. The summed E-state index contributed by atoms with van der Waals surface area (Å²) in [6, 6.07) is 0. The molecule has 0 fully saturated rings. The fourth-order valence-electron chi connectivity index (χ4n) is 1.53. The van der Waals surface area contributed by atoms with Crippen molar-refractivity contribution in [1.82, 2.24) is 0 Å². The summed E-state index contributed by atoms with van der Waals surface area (Å²) in [5.41, 5.74) is -0.870. The van der Waals surface area contributed by atoms with Gasteiger partial charge in [0.15, 0.2) is 0 Å². The van der Waals surface area contributed by atoms with Gasteiger partial charge >= 0.3 is 23.9 Å². The van der Waals surface area contributed by atoms with Crippen molar-refractivity contribution in [3.8, 4) is 0 Å². The molecule has 0 bridgehead atoms. The van der Waals surface area contributed by atoms with Gasteiger partial charge in [0, 0.05) is 23.6 Å². The van der Waals surface area contributed by atoms with Crippen LogP contribution in [0.2, 0.25) is 0 Å². The summed E-state index contributed by atoms with van der Waals surface area (Å²) in [5.74, 6) is -2.69. The Hall–Kier alpha value is -2.90. The minimum Gasteiger partial charge on any atom is -0.465 e. The predicted octanol–water partition coefficient (Wildman–Crippen LogP) is 1.89. The molecule has 0 aliphatic carbocycles. The SMILES string of the molecule is C=C(C)C(=O)OCC(COC(C)=O)(COC(=O)C(=C)C)COC(=O)C(=C)C. The van der Waals surface area contributed by atoms with E-state index in [9.17, 15) is 19.2 Å². The lowest BCUT2D eigenvalue weighted by atomic mass is 9.92. The standard InChI is InChI=1S/C19H26O8/c1-12(2)16(21)25-9-19(8-24-15(7)20,10-26-17(22)13(3)4)11-27-18(23)14(5)6/h1,3,5,8-11H2,2,4,6-7H3. The number of hydrogen-bond donors (Lipinski definition) is 0. The van der Waals surface area contributed by atoms with Crippen LogP contribution in [0.15, 0.2) is 36.5 Å². The molecule has 27 heavy (non-hydrogen) atoms. The highest BCUT2D eigenvalue weighted by molar-refractivity contribution is 5.88. The van der Waals surface area contributed by atoms with Gasteiger partial charge in [-0.3, -0.25) is 4.79 Å². The maximum absolute atomic E-state index is 11.7. The van der Waals surface area contributed by atoms with Gasteiger partial charge in [0.25, 0.3) is 0 Å². The molecule has 0 unspecified atom stereocenters. The summed E-state index contributed by atoms with van der Waals surface area (Å²) in [4.78, 5) is 46.5. The van der Waals surface area contributed by atoms with E-state index in [1.54, 1.807) is 0 Å². The number of carbonyl (C=O) groups is 4. The van der Waals surface area contributed by atoms with Crippen LogP contribution in [-0.2, 0) is 38.1 Å². The van der Waals surface area contributed by atoms with Gasteiger partial charge in [-0.15, -0.1) is 0 Å². The molecule has 0 amide bonds. The third kappa shape index (κ3) is 9.39. The van der Waals surface area contributed by atoms with Gasteiger partial charge in [0.05, 0.1) is 0 Å². The van der Waals surface area contributed by atoms with Gasteiger partial charge < -0.3 is 18.9 Å². The Balaban J connectivity index is 5.52. The second-order valence-corrected chi connectivity index (χ2v) is 6.35. The van der Waals surface area contributed by atoms with Crippen LogP contribution >= 0.6 is 0 Å². The van der Waals surface area contributed by atoms with Crippen LogP contribution in [0.25, 0.3) is 0 Å². The summed E-state index contributed by atoms with van der Waals surface area (Å²) in [6.07, 6.45) is 0. The predicted molar refractivity (Wildman–Crippen MR) is 96.4 cm³/mol. The van der Waals surface area contributed by atoms with Crippen molar-refractivity contribution >= 4 is 23.9 Å². The molecular weight excluding hydrogens is 356 g/mol. The first kappa shape index (κ1) is 24.1. The molecule has 0 saturated heterocycles. The lowest BCUT2D eigenvalue weighted by Gasteiger charge is -2.31. The second-order valence-electron chi connectivity index (χ2n) is 6.35. The van der Waals surface area contributed by atoms with Gasteiger partial charge in [0.1, 0.15) is 31.8 Å². The first-order valence-corrected chi connectivity index (χ1v) is 8.01. The van der Waals surface area contributed by atoms with Gasteiger partial charge in [-0.2, -0.15) is 0 Å². The molecule has 150 valence electrons. The molecular formula is C19H26O8. The van der Waals surface area contributed by atoms with E-state index >= 15 is 0 Å². The highest BCUT2D eigenvalue weighted by atomic mass is 16.6. The van der Waals surface area contributed by atoms with Crippen LogP contribution in [0.5, 0.6) is 0 Å². The van der Waals surface area contributed by atoms with Crippen molar-refractivity contribution in [2.75, 3.05) is 26.4 Å². The quantitative estimate of drug-likeness (QED) is 0.303. The lowest BCUT2D eigenvalue weighted by Crippen LogP contribution is -2.44. The third-order valence-electron chi connectivity index (χ3n) is 3.16. The zero-order valence-corrected chi connectivity index (χ0v) is 16.2. The van der Waals surface area contributed by atoms with E-state index in [2.05, 4.69) is 19.7 Å². The molecule has 0 N–H and O–H groups in total. The Morgan fingerprint density at radius 2 is 0.852 bits per heavy atom. The fraction of sp³-hybridized carbons (Fsp3) is 0.474. The molecule has 0 heterocycles. The fourth-order valence-corrected chi connectivity index (χ4v) is 1.53. The number of rotatable bonds is 11. The van der Waals surface area contributed by atoms with Crippen molar-refractivity contribution in [3.05, 3.63) is 36.5 Å². The molecule has 0 aromatic heterocycles. The van der Waals surface area contributed by atoms with Crippen molar-refractivity contribution in [1.29, 1.82) is 0 Å². The maximum atomic E-state index is 11.7. The molecule has 0 aliphatic heterocycles. The number of esters is 4. The van der Waals surface area contributed by atoms with Crippen LogP contribution in [-0.4, -0.2) is 50.3 Å². The first-order chi connectivity index (χ1) is 12.4. The Bertz CT molecular complexity index is 570. The molecule has 0 aromatic rings. The molecule has 0 rings (SSSR count). The monoisotopic (exact) mass is 382 g/mol. The van der Waals surface area contributed by atoms with E-state index in [0.29, 0.717) is 0 Å². The normalized spacial score (nSPS) is 10.4. The van der Waals surface area contributed by atoms with Gasteiger partial charge in [-0.1, -0.05) is 19.7 Å². The van der Waals surface area contributed by atoms with Crippen LogP contribution in [0, 0.1) is 5.41 Å². The van der Waals surface area contributed by atoms with E-state index in [-0.39, 0.29) is 43.1 Å². The zero-order chi connectivity index (χ0) is 21.2. The Kier molecular flexibility index (Phi) is 9.77. The molecule has 8 heteroatoms. The average molecular weight is 382 g/mol. The molecule has 0 aliphatic rings. The minimum atomic E-state index is -1.31. The lowest BCUT2D eigenvalue weighted by molar-refractivity contribution is -0.166. The maximum Gasteiger partial charge on any atom is 0.333 e. The molecule has 0 saturated carbocycles. The minimum absolute atomic E-state index is 0.147. The van der Waals surface area contributed by atoms with Crippen molar-refractivity contribution < 1.29 is 38.1 Å². The largest absolute Gasteiger partial charge is 0.465 e. The van der Waals surface area contributed by atoms with E-state index in [1.807, 2.05) is 0 Å². The molecule has 0 radical (unpaired) electrons. The zero-order valence-electron chi connectivity index (χ0n) is 16.2. The van der Waals surface area contributed by atoms with E-state index < -0.39 is 29.3 Å².